The second-order valence-corrected chi connectivity index (χ2v) is 8.19. The molecule has 0 bridgehead atoms. The molecular weight excluding hydrogens is 470 g/mol. The third-order valence-corrected chi connectivity index (χ3v) is 6.08. The largest absolute Gasteiger partial charge is 0.491 e. The molecular formula is C25H26ClN5O4. The number of amides is 1. The first-order valence-electron chi connectivity index (χ1n) is 11.3. The highest BCUT2D eigenvalue weighted by Crippen LogP contribution is 2.39. The number of nitriles is 1. The second kappa shape index (κ2) is 11.4. The molecule has 2 aliphatic rings. The lowest BCUT2D eigenvalue weighted by molar-refractivity contribution is -0.116. The maximum atomic E-state index is 12.8. The van der Waals surface area contributed by atoms with E-state index in [1.54, 1.807) is 18.2 Å². The van der Waals surface area contributed by atoms with Gasteiger partial charge in [-0.15, -0.1) is 12.4 Å². The fourth-order valence-electron chi connectivity index (χ4n) is 4.32. The van der Waals surface area contributed by atoms with E-state index in [0.29, 0.717) is 48.0 Å². The fraction of sp³-hybridized carbons (Fsp3) is 0.360. The minimum absolute atomic E-state index is 0. The van der Waals surface area contributed by atoms with E-state index in [1.165, 1.54) is 6.33 Å². The Balaban J connectivity index is 0.00000289. The van der Waals surface area contributed by atoms with Gasteiger partial charge >= 0.3 is 0 Å². The molecule has 5 rings (SSSR count). The molecule has 1 unspecified atom stereocenters. The number of fused-ring (bicyclic) bond motifs is 2. The average Bonchev–Trinajstić information content (AvgIpc) is 3.20. The number of benzene rings is 2. The van der Waals surface area contributed by atoms with Crippen molar-refractivity contribution in [2.24, 2.45) is 0 Å². The van der Waals surface area contributed by atoms with Gasteiger partial charge in [-0.05, 0) is 35.9 Å². The van der Waals surface area contributed by atoms with Crippen LogP contribution in [0.1, 0.15) is 22.7 Å². The smallest absolute Gasteiger partial charge is 0.238 e. The molecule has 2 aromatic carbocycles. The van der Waals surface area contributed by atoms with Crippen molar-refractivity contribution in [3.05, 3.63) is 59.5 Å². The number of carbonyl (C=O) groups excluding carboxylic acids is 1. The van der Waals surface area contributed by atoms with Gasteiger partial charge in [-0.1, -0.05) is 0 Å². The molecule has 0 radical (unpaired) electrons. The van der Waals surface area contributed by atoms with Crippen molar-refractivity contribution in [1.82, 2.24) is 14.9 Å². The summed E-state index contributed by atoms with van der Waals surface area (Å²) in [6.07, 6.45) is 1.45. The summed E-state index contributed by atoms with van der Waals surface area (Å²) < 4.78 is 16.9. The number of hydrogen-bond acceptors (Lipinski definition) is 8. The van der Waals surface area contributed by atoms with Gasteiger partial charge in [-0.3, -0.25) is 9.69 Å². The van der Waals surface area contributed by atoms with E-state index in [1.807, 2.05) is 18.2 Å². The Kier molecular flexibility index (Phi) is 8.10. The summed E-state index contributed by atoms with van der Waals surface area (Å²) in [6.45, 7) is 5.97. The minimum atomic E-state index is -0.597. The van der Waals surface area contributed by atoms with Crippen LogP contribution in [0.4, 0.5) is 5.69 Å². The zero-order valence-electron chi connectivity index (χ0n) is 19.1. The van der Waals surface area contributed by atoms with E-state index in [9.17, 15) is 10.1 Å². The highest BCUT2D eigenvalue weighted by molar-refractivity contribution is 6.06. The van der Waals surface area contributed by atoms with E-state index in [2.05, 4.69) is 26.3 Å². The van der Waals surface area contributed by atoms with Gasteiger partial charge < -0.3 is 19.5 Å². The number of nitrogens with zero attached hydrogens (tertiary/aromatic N) is 4. The number of nitrogens with one attached hydrogen (secondary N) is 1. The van der Waals surface area contributed by atoms with Crippen molar-refractivity contribution in [2.75, 3.05) is 58.0 Å². The lowest BCUT2D eigenvalue weighted by atomic mass is 9.93. The zero-order chi connectivity index (χ0) is 23.3. The van der Waals surface area contributed by atoms with Crippen LogP contribution in [0.15, 0.2) is 42.7 Å². The van der Waals surface area contributed by atoms with E-state index < -0.39 is 5.92 Å². The van der Waals surface area contributed by atoms with Crippen LogP contribution in [-0.4, -0.2) is 73.4 Å². The number of hydrogen-bond donors (Lipinski definition) is 1. The van der Waals surface area contributed by atoms with Crippen molar-refractivity contribution in [1.29, 1.82) is 5.26 Å². The monoisotopic (exact) mass is 495 g/mol. The Morgan fingerprint density at radius 3 is 2.80 bits per heavy atom. The fourth-order valence-corrected chi connectivity index (χ4v) is 4.32. The SMILES string of the molecule is Cl.N#Cc1ccc2c(c1)C(c1ncnc3cc(OCCOCCN4CCOCC4)ccc13)C(=O)N2. The van der Waals surface area contributed by atoms with E-state index in [4.69, 9.17) is 14.2 Å². The molecule has 0 spiro atoms. The van der Waals surface area contributed by atoms with Crippen LogP contribution in [0.3, 0.4) is 0 Å². The Labute approximate surface area is 209 Å². The Morgan fingerprint density at radius 1 is 1.11 bits per heavy atom. The van der Waals surface area contributed by atoms with Crippen molar-refractivity contribution >= 4 is 34.9 Å². The van der Waals surface area contributed by atoms with Crippen molar-refractivity contribution in [3.63, 3.8) is 0 Å². The number of carbonyl (C=O) groups is 1. The molecule has 9 nitrogen and oxygen atoms in total. The lowest BCUT2D eigenvalue weighted by Gasteiger charge is -2.26. The van der Waals surface area contributed by atoms with Gasteiger partial charge in [0.25, 0.3) is 0 Å². The van der Waals surface area contributed by atoms with Gasteiger partial charge in [-0.25, -0.2) is 9.97 Å². The quantitative estimate of drug-likeness (QED) is 0.475. The topological polar surface area (TPSA) is 110 Å². The third kappa shape index (κ3) is 5.52. The van der Waals surface area contributed by atoms with Crippen LogP contribution >= 0.6 is 12.4 Å². The van der Waals surface area contributed by atoms with Gasteiger partial charge in [0.1, 0.15) is 24.6 Å². The third-order valence-electron chi connectivity index (χ3n) is 6.08. The predicted octanol–water partition coefficient (Wildman–Crippen LogP) is 2.73. The summed E-state index contributed by atoms with van der Waals surface area (Å²) in [5.74, 6) is -0.0861. The second-order valence-electron chi connectivity index (χ2n) is 8.19. The zero-order valence-corrected chi connectivity index (χ0v) is 19.9. The highest BCUT2D eigenvalue weighted by Gasteiger charge is 2.34. The van der Waals surface area contributed by atoms with Crippen molar-refractivity contribution < 1.29 is 19.0 Å². The minimum Gasteiger partial charge on any atom is -0.491 e. The summed E-state index contributed by atoms with van der Waals surface area (Å²) in [6, 6.07) is 12.9. The molecule has 1 atom stereocenters. The van der Waals surface area contributed by atoms with Gasteiger partial charge in [0, 0.05) is 36.8 Å². The van der Waals surface area contributed by atoms with Crippen LogP contribution in [0.5, 0.6) is 5.75 Å². The Bertz CT molecular complexity index is 1240. The van der Waals surface area contributed by atoms with Crippen LogP contribution in [0, 0.1) is 11.3 Å². The number of ether oxygens (including phenoxy) is 3. The molecule has 35 heavy (non-hydrogen) atoms. The molecule has 3 aromatic rings. The molecule has 1 aromatic heterocycles. The molecule has 3 heterocycles. The number of rotatable bonds is 8. The first kappa shape index (κ1) is 24.8. The molecule has 1 amide bonds. The van der Waals surface area contributed by atoms with E-state index >= 15 is 0 Å². The Morgan fingerprint density at radius 2 is 1.97 bits per heavy atom. The van der Waals surface area contributed by atoms with Gasteiger partial charge in [0.15, 0.2) is 0 Å². The summed E-state index contributed by atoms with van der Waals surface area (Å²) in [7, 11) is 0. The number of aromatic nitrogens is 2. The molecule has 10 heteroatoms. The average molecular weight is 496 g/mol. The van der Waals surface area contributed by atoms with Gasteiger partial charge in [0.05, 0.1) is 49.3 Å². The molecule has 0 aliphatic carbocycles. The number of morpholine rings is 1. The lowest BCUT2D eigenvalue weighted by Crippen LogP contribution is -2.38. The molecule has 1 fully saturated rings. The van der Waals surface area contributed by atoms with Gasteiger partial charge in [-0.2, -0.15) is 5.26 Å². The standard InChI is InChI=1S/C25H25N5O4.ClH/c26-15-17-1-4-21-20(13-17)23(25(31)29-21)24-19-3-2-18(14-22(19)27-16-28-24)34-12-11-33-10-7-30-5-8-32-9-6-30;/h1-4,13-14,16,23H,5-12H2,(H,29,31);1H. The normalized spacial score (nSPS) is 17.3. The first-order valence-corrected chi connectivity index (χ1v) is 11.3. The number of halogens is 1. The predicted molar refractivity (Wildman–Crippen MR) is 132 cm³/mol. The summed E-state index contributed by atoms with van der Waals surface area (Å²) in [4.78, 5) is 23.9. The van der Waals surface area contributed by atoms with E-state index in [0.717, 1.165) is 43.8 Å². The van der Waals surface area contributed by atoms with E-state index in [-0.39, 0.29) is 18.3 Å². The van der Waals surface area contributed by atoms with Crippen LogP contribution in [0.2, 0.25) is 0 Å². The highest BCUT2D eigenvalue weighted by atomic mass is 35.5. The van der Waals surface area contributed by atoms with Crippen LogP contribution < -0.4 is 10.1 Å². The van der Waals surface area contributed by atoms with Crippen LogP contribution in [-0.2, 0) is 14.3 Å². The summed E-state index contributed by atoms with van der Waals surface area (Å²) in [5.41, 5.74) is 3.25. The van der Waals surface area contributed by atoms with Crippen molar-refractivity contribution in [3.8, 4) is 11.8 Å². The maximum absolute atomic E-state index is 12.8. The van der Waals surface area contributed by atoms with Gasteiger partial charge in [0.2, 0.25) is 5.91 Å². The number of anilines is 1. The summed E-state index contributed by atoms with van der Waals surface area (Å²) in [5, 5.41) is 12.9. The molecule has 0 saturated carbocycles. The van der Waals surface area contributed by atoms with Crippen LogP contribution in [0.25, 0.3) is 10.9 Å². The molecule has 1 N–H and O–H groups in total. The first-order chi connectivity index (χ1) is 16.7. The van der Waals surface area contributed by atoms with Crippen molar-refractivity contribution in [2.45, 2.75) is 5.92 Å². The molecule has 182 valence electrons. The molecule has 2 aliphatic heterocycles. The summed E-state index contributed by atoms with van der Waals surface area (Å²) >= 11 is 0. The molecule has 1 saturated heterocycles. The maximum Gasteiger partial charge on any atom is 0.238 e. The Hall–Kier alpha value is -3.29.